The monoisotopic (exact) mass is 496 g/mol. The van der Waals surface area contributed by atoms with Gasteiger partial charge in [0.15, 0.2) is 6.29 Å². The molecule has 0 saturated carbocycles. The van der Waals surface area contributed by atoms with E-state index in [2.05, 4.69) is 15.0 Å². The standard InChI is InChI=1S/C27H24N6O4/c28-21-17-33(26(35)30-24(21)34)23-16-22(31-32-29)25(36-23)37-27(18-10-4-1-5-11-18,19-12-6-2-7-13-19)20-14-8-3-9-15-20/h1-15,17,22-23,25H,16,28H2,(H,30,34,35)/t22-,23+,25+/m0/s1. The highest BCUT2D eigenvalue weighted by Gasteiger charge is 2.46. The molecule has 2 heterocycles. The molecule has 1 aliphatic rings. The Kier molecular flexibility index (Phi) is 6.61. The van der Waals surface area contributed by atoms with Crippen LogP contribution in [-0.2, 0) is 15.1 Å². The van der Waals surface area contributed by atoms with Crippen LogP contribution in [0.3, 0.4) is 0 Å². The lowest BCUT2D eigenvalue weighted by atomic mass is 9.80. The number of azide groups is 1. The van der Waals surface area contributed by atoms with Crippen LogP contribution >= 0.6 is 0 Å². The zero-order chi connectivity index (χ0) is 25.8. The number of nitrogens with two attached hydrogens (primary N) is 1. The van der Waals surface area contributed by atoms with Crippen molar-refractivity contribution in [2.75, 3.05) is 5.73 Å². The van der Waals surface area contributed by atoms with Crippen molar-refractivity contribution in [1.82, 2.24) is 9.55 Å². The molecule has 3 atom stereocenters. The fourth-order valence-electron chi connectivity index (χ4n) is 4.68. The molecule has 4 aromatic rings. The largest absolute Gasteiger partial charge is 0.393 e. The summed E-state index contributed by atoms with van der Waals surface area (Å²) >= 11 is 0. The van der Waals surface area contributed by atoms with Gasteiger partial charge in [0, 0.05) is 17.5 Å². The summed E-state index contributed by atoms with van der Waals surface area (Å²) in [6, 6.07) is 28.3. The van der Waals surface area contributed by atoms with Crippen molar-refractivity contribution in [3.63, 3.8) is 0 Å². The van der Waals surface area contributed by atoms with Crippen molar-refractivity contribution >= 4 is 5.69 Å². The highest BCUT2D eigenvalue weighted by atomic mass is 16.7. The number of hydrogen-bond acceptors (Lipinski definition) is 6. The Morgan fingerprint density at radius 3 is 1.95 bits per heavy atom. The summed E-state index contributed by atoms with van der Waals surface area (Å²) in [4.78, 5) is 29.5. The molecule has 3 aromatic carbocycles. The second-order valence-corrected chi connectivity index (χ2v) is 8.62. The summed E-state index contributed by atoms with van der Waals surface area (Å²) < 4.78 is 14.2. The first-order chi connectivity index (χ1) is 18.0. The van der Waals surface area contributed by atoms with Gasteiger partial charge in [0.05, 0.1) is 6.04 Å². The summed E-state index contributed by atoms with van der Waals surface area (Å²) in [7, 11) is 0. The first-order valence-corrected chi connectivity index (χ1v) is 11.7. The average molecular weight is 497 g/mol. The van der Waals surface area contributed by atoms with Gasteiger partial charge < -0.3 is 15.2 Å². The molecule has 37 heavy (non-hydrogen) atoms. The van der Waals surface area contributed by atoms with E-state index in [0.717, 1.165) is 16.7 Å². The third-order valence-corrected chi connectivity index (χ3v) is 6.39. The van der Waals surface area contributed by atoms with Gasteiger partial charge in [0.2, 0.25) is 0 Å². The minimum atomic E-state index is -1.14. The predicted molar refractivity (Wildman–Crippen MR) is 137 cm³/mol. The Hall–Kier alpha value is -4.63. The van der Waals surface area contributed by atoms with E-state index in [-0.39, 0.29) is 12.1 Å². The zero-order valence-corrected chi connectivity index (χ0v) is 19.7. The molecular weight excluding hydrogens is 472 g/mol. The van der Waals surface area contributed by atoms with E-state index < -0.39 is 35.4 Å². The van der Waals surface area contributed by atoms with Gasteiger partial charge in [-0.2, -0.15) is 0 Å². The van der Waals surface area contributed by atoms with Crippen LogP contribution in [-0.4, -0.2) is 21.9 Å². The predicted octanol–water partition coefficient (Wildman–Crippen LogP) is 4.05. The van der Waals surface area contributed by atoms with Gasteiger partial charge in [0.25, 0.3) is 5.56 Å². The molecule has 1 aromatic heterocycles. The SMILES string of the molecule is [N-]=[N+]=N[C@H]1C[C@H](n2cc(N)c(=O)[nH]c2=O)O[C@@H]1OC(c1ccccc1)(c1ccccc1)c1ccccc1. The van der Waals surface area contributed by atoms with Crippen molar-refractivity contribution < 1.29 is 9.47 Å². The molecule has 10 nitrogen and oxygen atoms in total. The van der Waals surface area contributed by atoms with Crippen molar-refractivity contribution in [1.29, 1.82) is 0 Å². The molecule has 0 bridgehead atoms. The fourth-order valence-corrected chi connectivity index (χ4v) is 4.68. The van der Waals surface area contributed by atoms with Gasteiger partial charge in [-0.25, -0.2) is 4.79 Å². The Bertz CT molecular complexity index is 1440. The molecule has 10 heteroatoms. The van der Waals surface area contributed by atoms with Crippen molar-refractivity contribution in [2.45, 2.75) is 30.6 Å². The van der Waals surface area contributed by atoms with Gasteiger partial charge in [0.1, 0.15) is 17.5 Å². The number of aromatic nitrogens is 2. The number of H-pyrrole nitrogens is 1. The zero-order valence-electron chi connectivity index (χ0n) is 19.7. The average Bonchev–Trinajstić information content (AvgIpc) is 3.32. The number of nitrogens with one attached hydrogen (secondary N) is 1. The third kappa shape index (κ3) is 4.52. The van der Waals surface area contributed by atoms with Gasteiger partial charge in [-0.1, -0.05) is 96.1 Å². The molecule has 1 aliphatic heterocycles. The Morgan fingerprint density at radius 2 is 1.46 bits per heavy atom. The minimum Gasteiger partial charge on any atom is -0.393 e. The molecule has 5 rings (SSSR count). The second kappa shape index (κ2) is 10.2. The summed E-state index contributed by atoms with van der Waals surface area (Å²) in [5.74, 6) is 0. The summed E-state index contributed by atoms with van der Waals surface area (Å²) in [6.45, 7) is 0. The molecule has 186 valence electrons. The van der Waals surface area contributed by atoms with E-state index in [1.807, 2.05) is 91.0 Å². The summed E-state index contributed by atoms with van der Waals surface area (Å²) in [5.41, 5.74) is 14.9. The van der Waals surface area contributed by atoms with E-state index in [9.17, 15) is 15.1 Å². The molecule has 0 amide bonds. The second-order valence-electron chi connectivity index (χ2n) is 8.62. The third-order valence-electron chi connectivity index (χ3n) is 6.39. The number of nitrogen functional groups attached to an aromatic ring is 1. The number of rotatable bonds is 7. The van der Waals surface area contributed by atoms with Crippen LogP contribution in [0.1, 0.15) is 29.3 Å². The lowest BCUT2D eigenvalue weighted by molar-refractivity contribution is -0.197. The fraction of sp³-hybridized carbons (Fsp3) is 0.185. The van der Waals surface area contributed by atoms with Gasteiger partial charge in [-0.15, -0.1) is 0 Å². The lowest BCUT2D eigenvalue weighted by Crippen LogP contribution is -2.40. The van der Waals surface area contributed by atoms with Crippen molar-refractivity contribution in [2.24, 2.45) is 5.11 Å². The quantitative estimate of drug-likeness (QED) is 0.171. The Labute approximate surface area is 211 Å². The van der Waals surface area contributed by atoms with Gasteiger partial charge in [-0.05, 0) is 22.2 Å². The summed E-state index contributed by atoms with van der Waals surface area (Å²) in [5, 5.41) is 3.93. The number of nitrogens with zero attached hydrogens (tertiary/aromatic N) is 4. The maximum absolute atomic E-state index is 12.5. The number of hydrogen-bond donors (Lipinski definition) is 2. The van der Waals surface area contributed by atoms with Gasteiger partial charge >= 0.3 is 5.69 Å². The van der Waals surface area contributed by atoms with E-state index in [1.54, 1.807) is 0 Å². The Morgan fingerprint density at radius 1 is 0.946 bits per heavy atom. The smallest absolute Gasteiger partial charge is 0.330 e. The first-order valence-electron chi connectivity index (χ1n) is 11.7. The maximum Gasteiger partial charge on any atom is 0.330 e. The topological polar surface area (TPSA) is 148 Å². The number of benzene rings is 3. The number of ether oxygens (including phenoxy) is 2. The van der Waals surface area contributed by atoms with E-state index in [0.29, 0.717) is 0 Å². The van der Waals surface area contributed by atoms with Crippen LogP contribution < -0.4 is 17.0 Å². The molecule has 0 radical (unpaired) electrons. The molecule has 1 saturated heterocycles. The number of aromatic amines is 1. The minimum absolute atomic E-state index is 0.133. The molecular formula is C27H24N6O4. The van der Waals surface area contributed by atoms with Crippen molar-refractivity contribution in [3.8, 4) is 0 Å². The summed E-state index contributed by atoms with van der Waals surface area (Å²) in [6.07, 6.45) is -0.567. The van der Waals surface area contributed by atoms with Crippen LogP contribution in [0.15, 0.2) is 112 Å². The molecule has 1 fully saturated rings. The molecule has 0 aliphatic carbocycles. The highest BCUT2D eigenvalue weighted by molar-refractivity contribution is 5.47. The van der Waals surface area contributed by atoms with Crippen LogP contribution in [0.25, 0.3) is 10.4 Å². The Balaban J connectivity index is 1.65. The molecule has 0 spiro atoms. The number of anilines is 1. The van der Waals surface area contributed by atoms with Crippen LogP contribution in [0, 0.1) is 0 Å². The maximum atomic E-state index is 12.5. The van der Waals surface area contributed by atoms with Crippen LogP contribution in [0.2, 0.25) is 0 Å². The first kappa shape index (κ1) is 24.1. The van der Waals surface area contributed by atoms with Crippen molar-refractivity contribution in [3.05, 3.63) is 145 Å². The van der Waals surface area contributed by atoms with Gasteiger partial charge in [-0.3, -0.25) is 14.3 Å². The lowest BCUT2D eigenvalue weighted by Gasteiger charge is -2.38. The van der Waals surface area contributed by atoms with Crippen LogP contribution in [0.5, 0.6) is 0 Å². The van der Waals surface area contributed by atoms with E-state index in [4.69, 9.17) is 15.2 Å². The molecule has 3 N–H and O–H groups in total. The highest BCUT2D eigenvalue weighted by Crippen LogP contribution is 2.44. The molecule has 0 unspecified atom stereocenters. The normalized spacial score (nSPS) is 19.3. The van der Waals surface area contributed by atoms with E-state index >= 15 is 0 Å². The van der Waals surface area contributed by atoms with E-state index in [1.165, 1.54) is 10.8 Å². The van der Waals surface area contributed by atoms with Crippen LogP contribution in [0.4, 0.5) is 5.69 Å².